The maximum absolute atomic E-state index is 13.3. The van der Waals surface area contributed by atoms with Gasteiger partial charge in [0, 0.05) is 11.8 Å². The molecule has 8 heteroatoms. The minimum absolute atomic E-state index is 0.0841. The van der Waals surface area contributed by atoms with Crippen LogP contribution in [0.25, 0.3) is 16.6 Å². The maximum Gasteiger partial charge on any atom is 0.266 e. The number of amides is 1. The van der Waals surface area contributed by atoms with E-state index in [1.807, 2.05) is 12.1 Å². The molecule has 0 atom stereocenters. The minimum Gasteiger partial charge on any atom is -0.497 e. The van der Waals surface area contributed by atoms with E-state index >= 15 is 0 Å². The molecule has 0 fully saturated rings. The lowest BCUT2D eigenvalue weighted by molar-refractivity contribution is -0.113. The summed E-state index contributed by atoms with van der Waals surface area (Å²) in [5.74, 6) is 1.21. The maximum atomic E-state index is 13.3. The zero-order valence-electron chi connectivity index (χ0n) is 17.6. The van der Waals surface area contributed by atoms with Gasteiger partial charge < -0.3 is 14.8 Å². The van der Waals surface area contributed by atoms with Crippen LogP contribution in [0, 0.1) is 0 Å². The summed E-state index contributed by atoms with van der Waals surface area (Å²) in [5, 5.41) is 3.77. The van der Waals surface area contributed by atoms with E-state index in [0.717, 1.165) is 0 Å². The van der Waals surface area contributed by atoms with E-state index in [9.17, 15) is 9.59 Å². The zero-order valence-corrected chi connectivity index (χ0v) is 18.4. The van der Waals surface area contributed by atoms with Crippen LogP contribution in [0.3, 0.4) is 0 Å². The first-order valence-electron chi connectivity index (χ1n) is 9.82. The molecule has 1 amide bonds. The summed E-state index contributed by atoms with van der Waals surface area (Å²) in [4.78, 5) is 30.5. The summed E-state index contributed by atoms with van der Waals surface area (Å²) in [6, 6.07) is 21.4. The van der Waals surface area contributed by atoms with Crippen molar-refractivity contribution in [3.8, 4) is 17.2 Å². The Labute approximate surface area is 189 Å². The molecule has 1 aromatic heterocycles. The van der Waals surface area contributed by atoms with Gasteiger partial charge in [-0.25, -0.2) is 4.98 Å². The zero-order chi connectivity index (χ0) is 22.5. The van der Waals surface area contributed by atoms with Gasteiger partial charge in [0.2, 0.25) is 5.91 Å². The SMILES string of the molecule is COc1ccc(NC(=O)CSc2nc3ccccc3c(=O)n2-c2cccc(OC)c2)cc1. The number of rotatable bonds is 7. The summed E-state index contributed by atoms with van der Waals surface area (Å²) in [6.45, 7) is 0. The van der Waals surface area contributed by atoms with Crippen molar-refractivity contribution < 1.29 is 14.3 Å². The largest absolute Gasteiger partial charge is 0.497 e. The number of aromatic nitrogens is 2. The number of hydrogen-bond donors (Lipinski definition) is 1. The number of fused-ring (bicyclic) bond motifs is 1. The number of para-hydroxylation sites is 1. The third-order valence-electron chi connectivity index (χ3n) is 4.76. The monoisotopic (exact) mass is 447 g/mol. The Kier molecular flexibility index (Phi) is 6.42. The molecule has 0 saturated heterocycles. The summed E-state index contributed by atoms with van der Waals surface area (Å²) in [5.41, 5.74) is 1.65. The van der Waals surface area contributed by atoms with Gasteiger partial charge in [-0.15, -0.1) is 0 Å². The molecule has 0 aliphatic rings. The lowest BCUT2D eigenvalue weighted by Crippen LogP contribution is -2.23. The van der Waals surface area contributed by atoms with E-state index in [4.69, 9.17) is 9.47 Å². The van der Waals surface area contributed by atoms with Crippen molar-refractivity contribution in [1.82, 2.24) is 9.55 Å². The van der Waals surface area contributed by atoms with Gasteiger partial charge >= 0.3 is 0 Å². The van der Waals surface area contributed by atoms with E-state index < -0.39 is 0 Å². The quantitative estimate of drug-likeness (QED) is 0.339. The van der Waals surface area contributed by atoms with E-state index in [1.54, 1.807) is 74.9 Å². The van der Waals surface area contributed by atoms with Gasteiger partial charge in [-0.3, -0.25) is 14.2 Å². The number of methoxy groups -OCH3 is 2. The summed E-state index contributed by atoms with van der Waals surface area (Å²) < 4.78 is 12.0. The van der Waals surface area contributed by atoms with Gasteiger partial charge in [0.1, 0.15) is 11.5 Å². The fraction of sp³-hybridized carbons (Fsp3) is 0.125. The highest BCUT2D eigenvalue weighted by atomic mass is 32.2. The molecule has 0 bridgehead atoms. The van der Waals surface area contributed by atoms with Gasteiger partial charge in [-0.1, -0.05) is 30.0 Å². The molecule has 0 aliphatic heterocycles. The highest BCUT2D eigenvalue weighted by Crippen LogP contribution is 2.24. The first-order valence-corrected chi connectivity index (χ1v) is 10.8. The van der Waals surface area contributed by atoms with Crippen molar-refractivity contribution in [2.24, 2.45) is 0 Å². The average molecular weight is 448 g/mol. The number of ether oxygens (including phenoxy) is 2. The first-order chi connectivity index (χ1) is 15.6. The molecule has 0 spiro atoms. The second-order valence-corrected chi connectivity index (χ2v) is 7.76. The molecular formula is C24H21N3O4S. The van der Waals surface area contributed by atoms with Gasteiger partial charge in [0.05, 0.1) is 36.6 Å². The third kappa shape index (κ3) is 4.60. The minimum atomic E-state index is -0.209. The first kappa shape index (κ1) is 21.5. The number of carbonyl (C=O) groups is 1. The van der Waals surface area contributed by atoms with Crippen LogP contribution in [0.4, 0.5) is 5.69 Å². The normalized spacial score (nSPS) is 10.7. The molecule has 4 rings (SSSR count). The summed E-state index contributed by atoms with van der Waals surface area (Å²) >= 11 is 1.19. The Morgan fingerprint density at radius 3 is 2.47 bits per heavy atom. The number of nitrogens with one attached hydrogen (secondary N) is 1. The molecule has 7 nitrogen and oxygen atoms in total. The topological polar surface area (TPSA) is 82.5 Å². The number of thioether (sulfide) groups is 1. The molecule has 32 heavy (non-hydrogen) atoms. The van der Waals surface area contributed by atoms with Crippen molar-refractivity contribution in [3.05, 3.63) is 83.2 Å². The molecule has 0 aliphatic carbocycles. The molecular weight excluding hydrogens is 426 g/mol. The number of hydrogen-bond acceptors (Lipinski definition) is 6. The van der Waals surface area contributed by atoms with Gasteiger partial charge in [0.15, 0.2) is 5.16 Å². The van der Waals surface area contributed by atoms with E-state index in [2.05, 4.69) is 10.3 Å². The Hall–Kier alpha value is -3.78. The lowest BCUT2D eigenvalue weighted by Gasteiger charge is -2.14. The predicted molar refractivity (Wildman–Crippen MR) is 126 cm³/mol. The number of carbonyl (C=O) groups excluding carboxylic acids is 1. The number of benzene rings is 3. The fourth-order valence-corrected chi connectivity index (χ4v) is 4.00. The second-order valence-electron chi connectivity index (χ2n) is 6.82. The van der Waals surface area contributed by atoms with Crippen molar-refractivity contribution in [1.29, 1.82) is 0 Å². The van der Waals surface area contributed by atoms with Crippen LogP contribution in [0.5, 0.6) is 11.5 Å². The Morgan fingerprint density at radius 1 is 0.969 bits per heavy atom. The average Bonchev–Trinajstić information content (AvgIpc) is 2.83. The highest BCUT2D eigenvalue weighted by Gasteiger charge is 2.15. The van der Waals surface area contributed by atoms with Crippen molar-refractivity contribution in [2.45, 2.75) is 5.16 Å². The van der Waals surface area contributed by atoms with Crippen molar-refractivity contribution in [2.75, 3.05) is 25.3 Å². The molecule has 162 valence electrons. The van der Waals surface area contributed by atoms with E-state index in [0.29, 0.717) is 38.9 Å². The van der Waals surface area contributed by atoms with Crippen LogP contribution in [-0.4, -0.2) is 35.4 Å². The fourth-order valence-electron chi connectivity index (χ4n) is 3.19. The van der Waals surface area contributed by atoms with E-state index in [1.165, 1.54) is 16.3 Å². The second kappa shape index (κ2) is 9.57. The van der Waals surface area contributed by atoms with Crippen molar-refractivity contribution >= 4 is 34.3 Å². The molecule has 3 aromatic carbocycles. The standard InChI is InChI=1S/C24H21N3O4S/c1-30-18-12-10-16(11-13-18)25-22(28)15-32-24-26-21-9-4-3-8-20(21)23(29)27(24)17-6-5-7-19(14-17)31-2/h3-14H,15H2,1-2H3,(H,25,28). The summed E-state index contributed by atoms with van der Waals surface area (Å²) in [6.07, 6.45) is 0. The van der Waals surface area contributed by atoms with Gasteiger partial charge in [-0.2, -0.15) is 0 Å². The summed E-state index contributed by atoms with van der Waals surface area (Å²) in [7, 11) is 3.16. The van der Waals surface area contributed by atoms with Crippen molar-refractivity contribution in [3.63, 3.8) is 0 Å². The molecule has 4 aromatic rings. The van der Waals surface area contributed by atoms with Crippen LogP contribution in [-0.2, 0) is 4.79 Å². The Balaban J connectivity index is 1.64. The highest BCUT2D eigenvalue weighted by molar-refractivity contribution is 7.99. The number of nitrogens with zero attached hydrogens (tertiary/aromatic N) is 2. The molecule has 0 saturated carbocycles. The van der Waals surface area contributed by atoms with Crippen LogP contribution in [0.15, 0.2) is 82.7 Å². The van der Waals surface area contributed by atoms with Gasteiger partial charge in [0.25, 0.3) is 5.56 Å². The predicted octanol–water partition coefficient (Wildman–Crippen LogP) is 4.13. The van der Waals surface area contributed by atoms with Gasteiger partial charge in [-0.05, 0) is 48.5 Å². The molecule has 1 N–H and O–H groups in total. The molecule has 0 radical (unpaired) electrons. The third-order valence-corrected chi connectivity index (χ3v) is 5.70. The van der Waals surface area contributed by atoms with Crippen LogP contribution in [0.2, 0.25) is 0 Å². The lowest BCUT2D eigenvalue weighted by atomic mass is 10.2. The Morgan fingerprint density at radius 2 is 1.72 bits per heavy atom. The van der Waals surface area contributed by atoms with E-state index in [-0.39, 0.29) is 17.2 Å². The van der Waals surface area contributed by atoms with Crippen LogP contribution in [0.1, 0.15) is 0 Å². The van der Waals surface area contributed by atoms with Crippen LogP contribution < -0.4 is 20.3 Å². The van der Waals surface area contributed by atoms with Crippen LogP contribution >= 0.6 is 11.8 Å². The Bertz CT molecular complexity index is 1320. The molecule has 1 heterocycles. The molecule has 0 unspecified atom stereocenters. The number of anilines is 1. The smallest absolute Gasteiger partial charge is 0.266 e.